The second-order valence-electron chi connectivity index (χ2n) is 6.72. The van der Waals surface area contributed by atoms with Crippen LogP contribution in [-0.4, -0.2) is 32.4 Å². The van der Waals surface area contributed by atoms with E-state index in [9.17, 15) is 18.0 Å². The largest absolute Gasteiger partial charge is 0.465 e. The fraction of sp³-hybridized carbons (Fsp3) is 0.136. The first kappa shape index (κ1) is 22.0. The predicted octanol–water partition coefficient (Wildman–Crippen LogP) is 3.16. The quantitative estimate of drug-likeness (QED) is 0.547. The topological polar surface area (TPSA) is 114 Å². The maximum absolute atomic E-state index is 12.9. The molecule has 9 heteroatoms. The lowest BCUT2D eigenvalue weighted by Gasteiger charge is -2.17. The summed E-state index contributed by atoms with van der Waals surface area (Å²) in [5, 5.41) is 2.67. The number of nitrogens with one attached hydrogen (secondary N) is 2. The van der Waals surface area contributed by atoms with E-state index in [1.165, 1.54) is 37.4 Å². The number of aromatic nitrogens is 1. The maximum Gasteiger partial charge on any atom is 0.340 e. The van der Waals surface area contributed by atoms with Crippen LogP contribution in [0.5, 0.6) is 0 Å². The molecule has 0 spiro atoms. The SMILES string of the molecule is COC(=O)c1cccc(NC(=O)Cc2ccncc2)c1NS(=O)(=O)c1ccc(C)cc1. The van der Waals surface area contributed by atoms with Gasteiger partial charge in [-0.15, -0.1) is 0 Å². The van der Waals surface area contributed by atoms with Gasteiger partial charge in [0.1, 0.15) is 0 Å². The number of esters is 1. The van der Waals surface area contributed by atoms with Gasteiger partial charge in [-0.05, 0) is 48.9 Å². The van der Waals surface area contributed by atoms with Gasteiger partial charge in [0.2, 0.25) is 5.91 Å². The van der Waals surface area contributed by atoms with E-state index in [4.69, 9.17) is 4.74 Å². The Balaban J connectivity index is 1.95. The molecule has 0 saturated carbocycles. The first-order valence-electron chi connectivity index (χ1n) is 9.30. The van der Waals surface area contributed by atoms with Gasteiger partial charge in [0, 0.05) is 12.4 Å². The molecule has 2 aromatic carbocycles. The Morgan fingerprint density at radius 3 is 2.32 bits per heavy atom. The number of pyridine rings is 1. The minimum absolute atomic E-state index is 0.0202. The van der Waals surface area contributed by atoms with Crippen molar-refractivity contribution >= 4 is 33.3 Å². The number of anilines is 2. The monoisotopic (exact) mass is 439 g/mol. The summed E-state index contributed by atoms with van der Waals surface area (Å²) in [6.45, 7) is 1.84. The van der Waals surface area contributed by atoms with Crippen LogP contribution < -0.4 is 10.0 Å². The zero-order valence-electron chi connectivity index (χ0n) is 17.0. The van der Waals surface area contributed by atoms with Crippen molar-refractivity contribution in [3.05, 3.63) is 83.7 Å². The van der Waals surface area contributed by atoms with E-state index in [1.54, 1.807) is 36.7 Å². The van der Waals surface area contributed by atoms with Crippen molar-refractivity contribution in [3.8, 4) is 0 Å². The number of rotatable bonds is 7. The molecule has 0 bridgehead atoms. The van der Waals surface area contributed by atoms with Crippen LogP contribution in [0.2, 0.25) is 0 Å². The van der Waals surface area contributed by atoms with Crippen LogP contribution in [0.1, 0.15) is 21.5 Å². The molecule has 0 atom stereocenters. The summed E-state index contributed by atoms with van der Waals surface area (Å²) in [6.07, 6.45) is 3.19. The molecular formula is C22H21N3O5S. The average molecular weight is 439 g/mol. The summed E-state index contributed by atoms with van der Waals surface area (Å²) in [4.78, 5) is 28.7. The Bertz CT molecular complexity index is 1190. The molecule has 3 rings (SSSR count). The molecule has 1 aromatic heterocycles. The fourth-order valence-corrected chi connectivity index (χ4v) is 3.94. The average Bonchev–Trinajstić information content (AvgIpc) is 2.75. The molecule has 1 heterocycles. The molecule has 2 N–H and O–H groups in total. The molecule has 31 heavy (non-hydrogen) atoms. The highest BCUT2D eigenvalue weighted by Gasteiger charge is 2.23. The normalized spacial score (nSPS) is 10.9. The predicted molar refractivity (Wildman–Crippen MR) is 116 cm³/mol. The Morgan fingerprint density at radius 2 is 1.68 bits per heavy atom. The van der Waals surface area contributed by atoms with Crippen molar-refractivity contribution in [1.82, 2.24) is 4.98 Å². The smallest absolute Gasteiger partial charge is 0.340 e. The van der Waals surface area contributed by atoms with E-state index in [-0.39, 0.29) is 34.2 Å². The van der Waals surface area contributed by atoms with E-state index in [1.807, 2.05) is 6.92 Å². The number of sulfonamides is 1. The van der Waals surface area contributed by atoms with Crippen LogP contribution in [0.25, 0.3) is 0 Å². The minimum atomic E-state index is -4.03. The van der Waals surface area contributed by atoms with Crippen molar-refractivity contribution < 1.29 is 22.7 Å². The zero-order chi connectivity index (χ0) is 22.4. The number of hydrogen-bond donors (Lipinski definition) is 2. The van der Waals surface area contributed by atoms with Gasteiger partial charge in [-0.3, -0.25) is 14.5 Å². The standard InChI is InChI=1S/C22H21N3O5S/c1-15-6-8-17(9-7-15)31(28,29)25-21-18(22(27)30-2)4-3-5-19(21)24-20(26)14-16-10-12-23-13-11-16/h3-13,25H,14H2,1-2H3,(H,24,26). The third kappa shape index (κ3) is 5.46. The Hall–Kier alpha value is -3.72. The third-order valence-corrected chi connectivity index (χ3v) is 5.79. The maximum atomic E-state index is 12.9. The number of para-hydroxylation sites is 1. The number of methoxy groups -OCH3 is 1. The van der Waals surface area contributed by atoms with Crippen LogP contribution in [0.3, 0.4) is 0 Å². The van der Waals surface area contributed by atoms with Crippen molar-refractivity contribution in [3.63, 3.8) is 0 Å². The number of carbonyl (C=O) groups is 2. The molecule has 0 aliphatic heterocycles. The fourth-order valence-electron chi connectivity index (χ4n) is 2.84. The van der Waals surface area contributed by atoms with E-state index in [0.29, 0.717) is 0 Å². The number of aryl methyl sites for hydroxylation is 1. The van der Waals surface area contributed by atoms with E-state index >= 15 is 0 Å². The summed E-state index contributed by atoms with van der Waals surface area (Å²) >= 11 is 0. The Morgan fingerprint density at radius 1 is 1.00 bits per heavy atom. The second kappa shape index (κ2) is 9.40. The van der Waals surface area contributed by atoms with Gasteiger partial charge in [0.25, 0.3) is 10.0 Å². The minimum Gasteiger partial charge on any atom is -0.465 e. The highest BCUT2D eigenvalue weighted by molar-refractivity contribution is 7.92. The lowest BCUT2D eigenvalue weighted by molar-refractivity contribution is -0.115. The molecule has 3 aromatic rings. The van der Waals surface area contributed by atoms with E-state index in [2.05, 4.69) is 15.0 Å². The Labute approximate surface area is 180 Å². The first-order chi connectivity index (χ1) is 14.8. The highest BCUT2D eigenvalue weighted by Crippen LogP contribution is 2.30. The molecule has 1 amide bonds. The third-order valence-electron chi connectivity index (χ3n) is 4.43. The van der Waals surface area contributed by atoms with Crippen LogP contribution in [0, 0.1) is 6.92 Å². The molecule has 0 aliphatic rings. The molecule has 160 valence electrons. The van der Waals surface area contributed by atoms with Crippen molar-refractivity contribution in [2.24, 2.45) is 0 Å². The zero-order valence-corrected chi connectivity index (χ0v) is 17.8. The van der Waals surface area contributed by atoms with Crippen LogP contribution in [0.15, 0.2) is 71.9 Å². The summed E-state index contributed by atoms with van der Waals surface area (Å²) in [7, 11) is -2.84. The van der Waals surface area contributed by atoms with Crippen molar-refractivity contribution in [2.75, 3.05) is 17.1 Å². The molecule has 0 fully saturated rings. The number of hydrogen-bond acceptors (Lipinski definition) is 6. The van der Waals surface area contributed by atoms with Gasteiger partial charge in [-0.2, -0.15) is 0 Å². The van der Waals surface area contributed by atoms with Gasteiger partial charge < -0.3 is 10.1 Å². The second-order valence-corrected chi connectivity index (χ2v) is 8.40. The highest BCUT2D eigenvalue weighted by atomic mass is 32.2. The first-order valence-corrected chi connectivity index (χ1v) is 10.8. The lowest BCUT2D eigenvalue weighted by Crippen LogP contribution is -2.20. The van der Waals surface area contributed by atoms with Gasteiger partial charge >= 0.3 is 5.97 Å². The number of nitrogens with zero attached hydrogens (tertiary/aromatic N) is 1. The van der Waals surface area contributed by atoms with Crippen LogP contribution in [0.4, 0.5) is 11.4 Å². The molecule has 8 nitrogen and oxygen atoms in total. The molecular weight excluding hydrogens is 418 g/mol. The Kier molecular flexibility index (Phi) is 6.66. The van der Waals surface area contributed by atoms with Gasteiger partial charge in [0.15, 0.2) is 0 Å². The van der Waals surface area contributed by atoms with Gasteiger partial charge in [-0.25, -0.2) is 13.2 Å². The van der Waals surface area contributed by atoms with Crippen molar-refractivity contribution in [1.29, 1.82) is 0 Å². The summed E-state index contributed by atoms with van der Waals surface area (Å²) < 4.78 is 33.0. The van der Waals surface area contributed by atoms with Crippen LogP contribution >= 0.6 is 0 Å². The number of carbonyl (C=O) groups excluding carboxylic acids is 2. The molecule has 0 radical (unpaired) electrons. The van der Waals surface area contributed by atoms with Crippen molar-refractivity contribution in [2.45, 2.75) is 18.2 Å². The van der Waals surface area contributed by atoms with Gasteiger partial charge in [-0.1, -0.05) is 23.8 Å². The number of amides is 1. The molecule has 0 unspecified atom stereocenters. The summed E-state index contributed by atoms with van der Waals surface area (Å²) in [6, 6.07) is 14.1. The van der Waals surface area contributed by atoms with E-state index in [0.717, 1.165) is 11.1 Å². The number of ether oxygens (including phenoxy) is 1. The van der Waals surface area contributed by atoms with Crippen LogP contribution in [-0.2, 0) is 26.0 Å². The van der Waals surface area contributed by atoms with Gasteiger partial charge in [0.05, 0.1) is 35.4 Å². The molecule has 0 aliphatic carbocycles. The summed E-state index contributed by atoms with van der Waals surface area (Å²) in [5.74, 6) is -1.13. The summed E-state index contributed by atoms with van der Waals surface area (Å²) in [5.41, 5.74) is 1.67. The lowest BCUT2D eigenvalue weighted by atomic mass is 10.1. The molecule has 0 saturated heterocycles. The van der Waals surface area contributed by atoms with E-state index < -0.39 is 16.0 Å². The number of benzene rings is 2.